The molecule has 0 saturated carbocycles. The van der Waals surface area contributed by atoms with Crippen molar-refractivity contribution in [2.45, 2.75) is 13.3 Å². The third kappa shape index (κ3) is 2.75. The summed E-state index contributed by atoms with van der Waals surface area (Å²) in [6, 6.07) is 8.13. The number of hydrogen-bond donors (Lipinski definition) is 0. The number of benzene rings is 1. The van der Waals surface area contributed by atoms with Gasteiger partial charge in [-0.2, -0.15) is 0 Å². The molecule has 2 rings (SSSR count). The first-order valence-corrected chi connectivity index (χ1v) is 5.35. The molecule has 0 bridgehead atoms. The molecule has 86 valence electrons. The van der Waals surface area contributed by atoms with Gasteiger partial charge in [-0.25, -0.2) is 4.39 Å². The van der Waals surface area contributed by atoms with E-state index in [0.717, 1.165) is 5.56 Å². The second-order valence-corrected chi connectivity index (χ2v) is 3.90. The summed E-state index contributed by atoms with van der Waals surface area (Å²) in [7, 11) is 0. The van der Waals surface area contributed by atoms with Crippen LogP contribution < -0.4 is 0 Å². The molecule has 1 aromatic carbocycles. The Balaban J connectivity index is 2.32. The molecule has 0 fully saturated rings. The minimum Gasteiger partial charge on any atom is -0.295 e. The molecule has 2 nitrogen and oxygen atoms in total. The molecule has 0 saturated heterocycles. The molecule has 0 aliphatic rings. The summed E-state index contributed by atoms with van der Waals surface area (Å²) in [6.45, 7) is 1.47. The third-order valence-corrected chi connectivity index (χ3v) is 2.57. The lowest BCUT2D eigenvalue weighted by Gasteiger charge is -2.05. The molecule has 2 aromatic rings. The van der Waals surface area contributed by atoms with Gasteiger partial charge in [0.25, 0.3) is 0 Å². The maximum atomic E-state index is 13.6. The Bertz CT molecular complexity index is 537. The maximum absolute atomic E-state index is 13.6. The Labute approximate surface area is 99.1 Å². The zero-order chi connectivity index (χ0) is 12.3. The highest BCUT2D eigenvalue weighted by molar-refractivity contribution is 5.94. The van der Waals surface area contributed by atoms with Crippen molar-refractivity contribution in [1.82, 2.24) is 4.98 Å². The van der Waals surface area contributed by atoms with E-state index in [1.165, 1.54) is 19.1 Å². The van der Waals surface area contributed by atoms with Crippen molar-refractivity contribution in [3.05, 3.63) is 65.2 Å². The highest BCUT2D eigenvalue weighted by atomic mass is 19.1. The van der Waals surface area contributed by atoms with E-state index in [4.69, 9.17) is 0 Å². The van der Waals surface area contributed by atoms with E-state index in [-0.39, 0.29) is 11.6 Å². The lowest BCUT2D eigenvalue weighted by molar-refractivity contribution is 0.101. The number of carbonyl (C=O) groups is 1. The fourth-order valence-corrected chi connectivity index (χ4v) is 1.65. The molecule has 0 spiro atoms. The summed E-state index contributed by atoms with van der Waals surface area (Å²) in [4.78, 5) is 15.2. The number of nitrogens with zero attached hydrogens (tertiary/aromatic N) is 1. The molecule has 3 heteroatoms. The normalized spacial score (nSPS) is 10.2. The molecule has 0 atom stereocenters. The maximum Gasteiger partial charge on any atom is 0.159 e. The minimum atomic E-state index is -0.293. The van der Waals surface area contributed by atoms with Crippen molar-refractivity contribution in [1.29, 1.82) is 0 Å². The Morgan fingerprint density at radius 3 is 2.82 bits per heavy atom. The van der Waals surface area contributed by atoms with Crippen LogP contribution in [0, 0.1) is 5.82 Å². The van der Waals surface area contributed by atoms with Gasteiger partial charge in [-0.05, 0) is 42.3 Å². The van der Waals surface area contributed by atoms with Crippen LogP contribution in [0.15, 0.2) is 42.7 Å². The number of Topliss-reactive ketones (excluding diaryl/α,β-unsaturated/α-hetero) is 1. The van der Waals surface area contributed by atoms with Gasteiger partial charge in [-0.1, -0.05) is 6.07 Å². The number of hydrogen-bond acceptors (Lipinski definition) is 2. The third-order valence-electron chi connectivity index (χ3n) is 2.57. The summed E-state index contributed by atoms with van der Waals surface area (Å²) < 4.78 is 13.6. The van der Waals surface area contributed by atoms with Crippen LogP contribution >= 0.6 is 0 Å². The number of carbonyl (C=O) groups excluding carboxylic acids is 1. The average molecular weight is 229 g/mol. The van der Waals surface area contributed by atoms with Crippen LogP contribution in [0.4, 0.5) is 4.39 Å². The van der Waals surface area contributed by atoms with Gasteiger partial charge in [0.05, 0.1) is 0 Å². The molecule has 1 aromatic heterocycles. The molecule has 0 radical (unpaired) electrons. The quantitative estimate of drug-likeness (QED) is 0.757. The van der Waals surface area contributed by atoms with Crippen molar-refractivity contribution in [2.24, 2.45) is 0 Å². The predicted molar refractivity (Wildman–Crippen MR) is 63.4 cm³/mol. The van der Waals surface area contributed by atoms with Gasteiger partial charge < -0.3 is 0 Å². The first kappa shape index (κ1) is 11.5. The molecular formula is C14H12FNO. The lowest BCUT2D eigenvalue weighted by Crippen LogP contribution is -1.98. The van der Waals surface area contributed by atoms with E-state index >= 15 is 0 Å². The van der Waals surface area contributed by atoms with Gasteiger partial charge >= 0.3 is 0 Å². The summed E-state index contributed by atoms with van der Waals surface area (Å²) >= 11 is 0. The molecule has 0 amide bonds. The Morgan fingerprint density at radius 2 is 2.18 bits per heavy atom. The topological polar surface area (TPSA) is 30.0 Å². The molecule has 17 heavy (non-hydrogen) atoms. The summed E-state index contributed by atoms with van der Waals surface area (Å²) in [5.41, 5.74) is 1.98. The molecule has 1 heterocycles. The van der Waals surface area contributed by atoms with Crippen molar-refractivity contribution < 1.29 is 9.18 Å². The highest BCUT2D eigenvalue weighted by Gasteiger charge is 2.07. The number of ketones is 1. The first-order chi connectivity index (χ1) is 8.16. The van der Waals surface area contributed by atoms with Gasteiger partial charge in [0.1, 0.15) is 5.82 Å². The van der Waals surface area contributed by atoms with Crippen molar-refractivity contribution in [2.75, 3.05) is 0 Å². The van der Waals surface area contributed by atoms with Crippen molar-refractivity contribution >= 4 is 5.78 Å². The largest absolute Gasteiger partial charge is 0.295 e. The second kappa shape index (κ2) is 4.87. The van der Waals surface area contributed by atoms with Crippen LogP contribution in [0.2, 0.25) is 0 Å². The molecular weight excluding hydrogens is 217 g/mol. The SMILES string of the molecule is CC(=O)c1ccc(F)c(Cc2cccnc2)c1. The van der Waals surface area contributed by atoms with E-state index in [2.05, 4.69) is 4.98 Å². The van der Waals surface area contributed by atoms with E-state index < -0.39 is 0 Å². The Hall–Kier alpha value is -2.03. The average Bonchev–Trinajstić information content (AvgIpc) is 2.33. The van der Waals surface area contributed by atoms with Gasteiger partial charge in [0, 0.05) is 24.4 Å². The Kier molecular flexibility index (Phi) is 3.28. The minimum absolute atomic E-state index is 0.0579. The van der Waals surface area contributed by atoms with Crippen molar-refractivity contribution in [3.8, 4) is 0 Å². The first-order valence-electron chi connectivity index (χ1n) is 5.35. The predicted octanol–water partition coefficient (Wildman–Crippen LogP) is 3.01. The monoisotopic (exact) mass is 229 g/mol. The number of rotatable bonds is 3. The van der Waals surface area contributed by atoms with Gasteiger partial charge in [-0.15, -0.1) is 0 Å². The van der Waals surface area contributed by atoms with E-state index in [9.17, 15) is 9.18 Å². The van der Waals surface area contributed by atoms with Crippen LogP contribution in [0.3, 0.4) is 0 Å². The second-order valence-electron chi connectivity index (χ2n) is 3.90. The van der Waals surface area contributed by atoms with Crippen LogP contribution in [-0.2, 0) is 6.42 Å². The van der Waals surface area contributed by atoms with E-state index in [1.54, 1.807) is 18.5 Å². The fourth-order valence-electron chi connectivity index (χ4n) is 1.65. The highest BCUT2D eigenvalue weighted by Crippen LogP contribution is 2.15. The standard InChI is InChI=1S/C14H12FNO/c1-10(17)12-4-5-14(15)13(8-12)7-11-3-2-6-16-9-11/h2-6,8-9H,7H2,1H3. The Morgan fingerprint density at radius 1 is 1.35 bits per heavy atom. The van der Waals surface area contributed by atoms with Crippen LogP contribution in [-0.4, -0.2) is 10.8 Å². The van der Waals surface area contributed by atoms with Crippen LogP contribution in [0.5, 0.6) is 0 Å². The molecule has 0 unspecified atom stereocenters. The van der Waals surface area contributed by atoms with E-state index in [0.29, 0.717) is 17.5 Å². The number of halogens is 1. The van der Waals surface area contributed by atoms with Crippen LogP contribution in [0.1, 0.15) is 28.4 Å². The molecule has 0 aliphatic heterocycles. The summed E-state index contributed by atoms with van der Waals surface area (Å²) in [6.07, 6.45) is 3.81. The fraction of sp³-hybridized carbons (Fsp3) is 0.143. The lowest BCUT2D eigenvalue weighted by atomic mass is 10.0. The van der Waals surface area contributed by atoms with Gasteiger partial charge in [0.15, 0.2) is 5.78 Å². The smallest absolute Gasteiger partial charge is 0.159 e. The van der Waals surface area contributed by atoms with Crippen molar-refractivity contribution in [3.63, 3.8) is 0 Å². The van der Waals surface area contributed by atoms with Gasteiger partial charge in [-0.3, -0.25) is 9.78 Å². The zero-order valence-electron chi connectivity index (χ0n) is 9.48. The van der Waals surface area contributed by atoms with Crippen LogP contribution in [0.25, 0.3) is 0 Å². The zero-order valence-corrected chi connectivity index (χ0v) is 9.48. The molecule has 0 aliphatic carbocycles. The number of pyridine rings is 1. The molecule has 0 N–H and O–H groups in total. The summed E-state index contributed by atoms with van der Waals surface area (Å²) in [5, 5.41) is 0. The van der Waals surface area contributed by atoms with E-state index in [1.807, 2.05) is 12.1 Å². The van der Waals surface area contributed by atoms with Gasteiger partial charge in [0.2, 0.25) is 0 Å². The number of aromatic nitrogens is 1. The summed E-state index contributed by atoms with van der Waals surface area (Å²) in [5.74, 6) is -0.351.